The van der Waals surface area contributed by atoms with E-state index in [1.807, 2.05) is 36.5 Å². The summed E-state index contributed by atoms with van der Waals surface area (Å²) in [5.41, 5.74) is 5.26. The first-order valence-electron chi connectivity index (χ1n) is 10.5. The zero-order valence-corrected chi connectivity index (χ0v) is 20.6. The van der Waals surface area contributed by atoms with Crippen molar-refractivity contribution in [1.29, 1.82) is 0 Å². The van der Waals surface area contributed by atoms with Crippen molar-refractivity contribution in [2.75, 3.05) is 20.3 Å². The minimum Gasteiger partial charge on any atom is -0.385 e. The van der Waals surface area contributed by atoms with E-state index in [0.29, 0.717) is 16.7 Å². The van der Waals surface area contributed by atoms with Crippen LogP contribution in [0.1, 0.15) is 41.1 Å². The lowest BCUT2D eigenvalue weighted by Gasteiger charge is -2.28. The van der Waals surface area contributed by atoms with Crippen molar-refractivity contribution < 1.29 is 4.74 Å². The summed E-state index contributed by atoms with van der Waals surface area (Å²) in [4.78, 5) is 6.88. The fraction of sp³-hybridized carbons (Fsp3) is 0.333. The monoisotopic (exact) mass is 488 g/mol. The standard InChI is InChI=1S/C24H26Cl2N4OS/c1-15-13-18(16(2)30(15)21-9-8-17(25)14-19(21)26)23-22(20-7-4-5-10-27-20)28-24(32)29(23)11-6-12-31-3/h4-5,7-10,13-14,22-23H,6,11-12H2,1-3H3,(H,28,32)/t22-,23+/m0/s1. The Morgan fingerprint density at radius 3 is 2.66 bits per heavy atom. The molecule has 0 spiro atoms. The van der Waals surface area contributed by atoms with Crippen molar-refractivity contribution in [3.05, 3.63) is 81.4 Å². The highest BCUT2D eigenvalue weighted by Gasteiger charge is 2.41. The van der Waals surface area contributed by atoms with E-state index >= 15 is 0 Å². The minimum absolute atomic E-state index is 0.000261. The van der Waals surface area contributed by atoms with Gasteiger partial charge in [-0.25, -0.2) is 0 Å². The van der Waals surface area contributed by atoms with Gasteiger partial charge < -0.3 is 19.5 Å². The molecule has 0 aliphatic carbocycles. The van der Waals surface area contributed by atoms with E-state index < -0.39 is 0 Å². The van der Waals surface area contributed by atoms with Gasteiger partial charge >= 0.3 is 0 Å². The zero-order valence-electron chi connectivity index (χ0n) is 18.3. The molecule has 3 aromatic rings. The fourth-order valence-corrected chi connectivity index (χ4v) is 5.31. The average Bonchev–Trinajstić information content (AvgIpc) is 3.25. The van der Waals surface area contributed by atoms with E-state index in [0.717, 1.165) is 40.8 Å². The summed E-state index contributed by atoms with van der Waals surface area (Å²) in [6, 6.07) is 13.7. The third-order valence-electron chi connectivity index (χ3n) is 5.88. The number of benzene rings is 1. The summed E-state index contributed by atoms with van der Waals surface area (Å²) in [6.07, 6.45) is 2.70. The van der Waals surface area contributed by atoms with Gasteiger partial charge in [-0.3, -0.25) is 4.98 Å². The molecule has 0 unspecified atom stereocenters. The Morgan fingerprint density at radius 2 is 1.97 bits per heavy atom. The lowest BCUT2D eigenvalue weighted by Crippen LogP contribution is -2.31. The van der Waals surface area contributed by atoms with Crippen molar-refractivity contribution in [3.8, 4) is 5.69 Å². The van der Waals surface area contributed by atoms with E-state index in [1.54, 1.807) is 13.2 Å². The van der Waals surface area contributed by atoms with Crippen LogP contribution < -0.4 is 5.32 Å². The van der Waals surface area contributed by atoms with Gasteiger partial charge in [-0.15, -0.1) is 0 Å². The number of pyridine rings is 1. The van der Waals surface area contributed by atoms with Crippen LogP contribution >= 0.6 is 35.4 Å². The molecule has 0 bridgehead atoms. The number of nitrogens with zero attached hydrogens (tertiary/aromatic N) is 3. The van der Waals surface area contributed by atoms with Gasteiger partial charge in [0.05, 0.1) is 28.5 Å². The molecule has 3 heterocycles. The molecule has 1 aromatic carbocycles. The lowest BCUT2D eigenvalue weighted by atomic mass is 9.96. The van der Waals surface area contributed by atoms with Gasteiger partial charge in [-0.05, 0) is 74.4 Å². The second-order valence-corrected chi connectivity index (χ2v) is 9.15. The molecule has 8 heteroatoms. The van der Waals surface area contributed by atoms with Crippen LogP contribution in [-0.4, -0.2) is 39.8 Å². The Morgan fingerprint density at radius 1 is 1.16 bits per heavy atom. The molecule has 32 heavy (non-hydrogen) atoms. The van der Waals surface area contributed by atoms with Crippen LogP contribution in [-0.2, 0) is 4.74 Å². The maximum absolute atomic E-state index is 6.57. The normalized spacial score (nSPS) is 18.3. The number of aromatic nitrogens is 2. The summed E-state index contributed by atoms with van der Waals surface area (Å²) in [6.45, 7) is 5.68. The van der Waals surface area contributed by atoms with E-state index in [9.17, 15) is 0 Å². The number of nitrogens with one attached hydrogen (secondary N) is 1. The van der Waals surface area contributed by atoms with Crippen molar-refractivity contribution >= 4 is 40.5 Å². The number of thiocarbonyl (C=S) groups is 1. The minimum atomic E-state index is -0.0547. The average molecular weight is 489 g/mol. The van der Waals surface area contributed by atoms with Crippen LogP contribution in [0.3, 0.4) is 0 Å². The fourth-order valence-electron chi connectivity index (χ4n) is 4.48. The van der Waals surface area contributed by atoms with Crippen LogP contribution in [0.15, 0.2) is 48.7 Å². The number of ether oxygens (including phenoxy) is 1. The van der Waals surface area contributed by atoms with E-state index in [4.69, 9.17) is 40.2 Å². The molecule has 0 saturated carbocycles. The van der Waals surface area contributed by atoms with Crippen molar-refractivity contribution in [2.45, 2.75) is 32.4 Å². The smallest absolute Gasteiger partial charge is 0.170 e. The van der Waals surface area contributed by atoms with Gasteiger partial charge in [0.2, 0.25) is 0 Å². The Balaban J connectivity index is 1.80. The van der Waals surface area contributed by atoms with Crippen LogP contribution in [0, 0.1) is 13.8 Å². The molecule has 4 rings (SSSR count). The van der Waals surface area contributed by atoms with Gasteiger partial charge in [-0.1, -0.05) is 29.3 Å². The summed E-state index contributed by atoms with van der Waals surface area (Å²) in [7, 11) is 1.72. The Hall–Kier alpha value is -2.12. The second kappa shape index (κ2) is 9.79. The summed E-state index contributed by atoms with van der Waals surface area (Å²) < 4.78 is 7.46. The van der Waals surface area contributed by atoms with Crippen molar-refractivity contribution in [1.82, 2.24) is 19.8 Å². The van der Waals surface area contributed by atoms with E-state index in [2.05, 4.69) is 39.7 Å². The molecule has 2 aromatic heterocycles. The highest BCUT2D eigenvalue weighted by atomic mass is 35.5. The number of hydrogen-bond donors (Lipinski definition) is 1. The maximum Gasteiger partial charge on any atom is 0.170 e. The molecular weight excluding hydrogens is 463 g/mol. The second-order valence-electron chi connectivity index (χ2n) is 7.92. The zero-order chi connectivity index (χ0) is 22.8. The first-order valence-corrected chi connectivity index (χ1v) is 11.7. The van der Waals surface area contributed by atoms with Crippen LogP contribution in [0.25, 0.3) is 5.69 Å². The predicted molar refractivity (Wildman–Crippen MR) is 134 cm³/mol. The Bertz CT molecular complexity index is 1120. The molecule has 0 amide bonds. The molecule has 1 saturated heterocycles. The summed E-state index contributed by atoms with van der Waals surface area (Å²) in [5, 5.41) is 5.48. The largest absolute Gasteiger partial charge is 0.385 e. The third kappa shape index (κ3) is 4.37. The third-order valence-corrected chi connectivity index (χ3v) is 6.77. The van der Waals surface area contributed by atoms with Crippen molar-refractivity contribution in [2.24, 2.45) is 0 Å². The molecule has 1 N–H and O–H groups in total. The van der Waals surface area contributed by atoms with E-state index in [1.165, 1.54) is 5.56 Å². The number of aryl methyl sites for hydroxylation is 1. The molecule has 1 aliphatic heterocycles. The number of hydrogen-bond acceptors (Lipinski definition) is 3. The number of rotatable bonds is 7. The Labute approximate surface area is 204 Å². The molecule has 1 fully saturated rings. The van der Waals surface area contributed by atoms with Gasteiger partial charge in [-0.2, -0.15) is 0 Å². The van der Waals surface area contributed by atoms with Gasteiger partial charge in [0.15, 0.2) is 5.11 Å². The van der Waals surface area contributed by atoms with Crippen LogP contribution in [0.4, 0.5) is 0 Å². The van der Waals surface area contributed by atoms with Crippen LogP contribution in [0.2, 0.25) is 10.0 Å². The summed E-state index contributed by atoms with van der Waals surface area (Å²) in [5.74, 6) is 0. The van der Waals surface area contributed by atoms with Crippen LogP contribution in [0.5, 0.6) is 0 Å². The molecule has 1 aliphatic rings. The first kappa shape index (κ1) is 23.1. The summed E-state index contributed by atoms with van der Waals surface area (Å²) >= 11 is 18.5. The molecular formula is C24H26Cl2N4OS. The number of methoxy groups -OCH3 is 1. The molecule has 168 valence electrons. The molecule has 2 atom stereocenters. The van der Waals surface area contributed by atoms with E-state index in [-0.39, 0.29) is 12.1 Å². The van der Waals surface area contributed by atoms with Gasteiger partial charge in [0.1, 0.15) is 0 Å². The van der Waals surface area contributed by atoms with Gasteiger partial charge in [0, 0.05) is 42.9 Å². The Kier molecular flexibility index (Phi) is 7.05. The highest BCUT2D eigenvalue weighted by molar-refractivity contribution is 7.80. The molecule has 0 radical (unpaired) electrons. The maximum atomic E-state index is 6.57. The van der Waals surface area contributed by atoms with Crippen molar-refractivity contribution in [3.63, 3.8) is 0 Å². The first-order chi connectivity index (χ1) is 15.4. The quantitative estimate of drug-likeness (QED) is 0.335. The lowest BCUT2D eigenvalue weighted by molar-refractivity contribution is 0.180. The predicted octanol–water partition coefficient (Wildman–Crippen LogP) is 5.80. The topological polar surface area (TPSA) is 42.3 Å². The number of halogens is 2. The molecule has 5 nitrogen and oxygen atoms in total. The highest BCUT2D eigenvalue weighted by Crippen LogP contribution is 2.42. The SMILES string of the molecule is COCCCN1C(=S)N[C@@H](c2ccccn2)[C@H]1c1cc(C)n(-c2ccc(Cl)cc2Cl)c1C. The van der Waals surface area contributed by atoms with Gasteiger partial charge in [0.25, 0.3) is 0 Å².